The highest BCUT2D eigenvalue weighted by Crippen LogP contribution is 2.13. The van der Waals surface area contributed by atoms with Crippen molar-refractivity contribution in [2.24, 2.45) is 0 Å². The van der Waals surface area contributed by atoms with Crippen LogP contribution in [0.1, 0.15) is 33.2 Å². The Hall–Kier alpha value is -3.26. The second kappa shape index (κ2) is 9.09. The van der Waals surface area contributed by atoms with Crippen LogP contribution in [0.4, 0.5) is 0 Å². The number of hydrogen-bond donors (Lipinski definition) is 2. The Bertz CT molecular complexity index is 952. The summed E-state index contributed by atoms with van der Waals surface area (Å²) in [7, 11) is 3.97. The van der Waals surface area contributed by atoms with Crippen LogP contribution >= 0.6 is 0 Å². The van der Waals surface area contributed by atoms with Gasteiger partial charge in [0.2, 0.25) is 5.82 Å². The van der Waals surface area contributed by atoms with Gasteiger partial charge in [0.1, 0.15) is 0 Å². The van der Waals surface area contributed by atoms with Gasteiger partial charge in [0.25, 0.3) is 11.8 Å². The molecule has 146 valence electrons. The van der Waals surface area contributed by atoms with Gasteiger partial charge < -0.3 is 15.5 Å². The maximum atomic E-state index is 12.7. The molecule has 0 aromatic carbocycles. The van der Waals surface area contributed by atoms with E-state index in [9.17, 15) is 9.59 Å². The number of nitrogens with one attached hydrogen (secondary N) is 2. The van der Waals surface area contributed by atoms with Crippen LogP contribution in [-0.4, -0.2) is 58.3 Å². The highest BCUT2D eigenvalue weighted by Gasteiger charge is 2.21. The highest BCUT2D eigenvalue weighted by molar-refractivity contribution is 6.02. The van der Waals surface area contributed by atoms with E-state index in [-0.39, 0.29) is 29.9 Å². The van der Waals surface area contributed by atoms with Gasteiger partial charge in [-0.3, -0.25) is 19.0 Å². The van der Waals surface area contributed by atoms with Crippen LogP contribution in [0.3, 0.4) is 0 Å². The maximum absolute atomic E-state index is 12.7. The summed E-state index contributed by atoms with van der Waals surface area (Å²) in [5.41, 5.74) is 1.55. The predicted molar refractivity (Wildman–Crippen MR) is 106 cm³/mol. The summed E-state index contributed by atoms with van der Waals surface area (Å²) in [5, 5.41) is 5.68. The number of amides is 2. The molecule has 3 rings (SSSR count). The fraction of sp³-hybridized carbons (Fsp3) is 0.300. The lowest BCUT2D eigenvalue weighted by Gasteiger charge is -2.09. The minimum absolute atomic E-state index is 0.198. The van der Waals surface area contributed by atoms with Crippen molar-refractivity contribution in [3.05, 3.63) is 66.0 Å². The van der Waals surface area contributed by atoms with E-state index >= 15 is 0 Å². The third kappa shape index (κ3) is 4.72. The van der Waals surface area contributed by atoms with Crippen LogP contribution in [-0.2, 0) is 6.54 Å². The molecule has 2 N–H and O–H groups in total. The van der Waals surface area contributed by atoms with Crippen LogP contribution in [0.2, 0.25) is 0 Å². The third-order valence-electron chi connectivity index (χ3n) is 4.19. The number of aromatic nitrogens is 3. The molecule has 3 heterocycles. The standard InChI is InChI=1S/C20H24N6O2/c1-25(2)12-7-11-22-20(28)18-24-17(16-9-4-6-13-26(16)18)19(27)23-14-15-8-3-5-10-21-15/h3-6,8-10,13H,7,11-12,14H2,1-2H3,(H,22,28)(H,23,27). The molecule has 0 saturated heterocycles. The summed E-state index contributed by atoms with van der Waals surface area (Å²) >= 11 is 0. The van der Waals surface area contributed by atoms with Crippen LogP contribution in [0.15, 0.2) is 48.8 Å². The SMILES string of the molecule is CN(C)CCCNC(=O)c1nc(C(=O)NCc2ccccn2)c2ccccn12. The van der Waals surface area contributed by atoms with Gasteiger partial charge in [0.05, 0.1) is 17.8 Å². The van der Waals surface area contributed by atoms with E-state index in [0.717, 1.165) is 18.7 Å². The van der Waals surface area contributed by atoms with Crippen molar-refractivity contribution in [2.45, 2.75) is 13.0 Å². The summed E-state index contributed by atoms with van der Waals surface area (Å²) < 4.78 is 1.64. The molecular formula is C20H24N6O2. The molecule has 0 aliphatic rings. The minimum atomic E-state index is -0.346. The first-order valence-electron chi connectivity index (χ1n) is 9.14. The van der Waals surface area contributed by atoms with Gasteiger partial charge >= 0.3 is 0 Å². The molecule has 3 aromatic heterocycles. The van der Waals surface area contributed by atoms with E-state index in [4.69, 9.17) is 0 Å². The van der Waals surface area contributed by atoms with Crippen LogP contribution in [0, 0.1) is 0 Å². The topological polar surface area (TPSA) is 91.6 Å². The first kappa shape index (κ1) is 19.5. The molecular weight excluding hydrogens is 356 g/mol. The van der Waals surface area contributed by atoms with E-state index in [1.165, 1.54) is 0 Å². The number of hydrogen-bond acceptors (Lipinski definition) is 5. The predicted octanol–water partition coefficient (Wildman–Crippen LogP) is 1.34. The van der Waals surface area contributed by atoms with Crippen molar-refractivity contribution in [1.29, 1.82) is 0 Å². The fourth-order valence-corrected chi connectivity index (χ4v) is 2.80. The Balaban J connectivity index is 1.74. The summed E-state index contributed by atoms with van der Waals surface area (Å²) in [6.45, 7) is 1.71. The van der Waals surface area contributed by atoms with Gasteiger partial charge in [0.15, 0.2) is 5.69 Å². The number of carbonyl (C=O) groups is 2. The average Bonchev–Trinajstić information content (AvgIpc) is 3.10. The molecule has 3 aromatic rings. The number of imidazole rings is 1. The van der Waals surface area contributed by atoms with E-state index < -0.39 is 0 Å². The number of fused-ring (bicyclic) bond motifs is 1. The van der Waals surface area contributed by atoms with Crippen molar-refractivity contribution >= 4 is 17.3 Å². The number of carbonyl (C=O) groups excluding carboxylic acids is 2. The minimum Gasteiger partial charge on any atom is -0.349 e. The number of rotatable bonds is 8. The fourth-order valence-electron chi connectivity index (χ4n) is 2.80. The molecule has 0 aliphatic heterocycles. The van der Waals surface area contributed by atoms with Crippen LogP contribution in [0.25, 0.3) is 5.52 Å². The Morgan fingerprint density at radius 2 is 1.89 bits per heavy atom. The average molecular weight is 380 g/mol. The Morgan fingerprint density at radius 3 is 2.64 bits per heavy atom. The molecule has 8 nitrogen and oxygen atoms in total. The van der Waals surface area contributed by atoms with Crippen LogP contribution < -0.4 is 10.6 Å². The number of nitrogens with zero attached hydrogens (tertiary/aromatic N) is 4. The largest absolute Gasteiger partial charge is 0.349 e. The van der Waals surface area contributed by atoms with Gasteiger partial charge in [-0.15, -0.1) is 0 Å². The third-order valence-corrected chi connectivity index (χ3v) is 4.19. The second-order valence-electron chi connectivity index (χ2n) is 6.66. The van der Waals surface area contributed by atoms with E-state index in [0.29, 0.717) is 12.1 Å². The monoisotopic (exact) mass is 380 g/mol. The van der Waals surface area contributed by atoms with Gasteiger partial charge in [-0.05, 0) is 51.3 Å². The summed E-state index contributed by atoms with van der Waals surface area (Å²) in [6.07, 6.45) is 4.23. The Morgan fingerprint density at radius 1 is 1.07 bits per heavy atom. The van der Waals surface area contributed by atoms with Crippen molar-refractivity contribution in [3.8, 4) is 0 Å². The quantitative estimate of drug-likeness (QED) is 0.576. The molecule has 0 radical (unpaired) electrons. The molecule has 0 aliphatic carbocycles. The van der Waals surface area contributed by atoms with Crippen molar-refractivity contribution in [1.82, 2.24) is 29.9 Å². The molecule has 2 amide bonds. The van der Waals surface area contributed by atoms with E-state index in [1.807, 2.05) is 38.4 Å². The molecule has 0 unspecified atom stereocenters. The van der Waals surface area contributed by atoms with Crippen LogP contribution in [0.5, 0.6) is 0 Å². The smallest absolute Gasteiger partial charge is 0.287 e. The lowest BCUT2D eigenvalue weighted by molar-refractivity contribution is 0.0941. The lowest BCUT2D eigenvalue weighted by atomic mass is 10.3. The first-order valence-corrected chi connectivity index (χ1v) is 9.14. The van der Waals surface area contributed by atoms with Crippen molar-refractivity contribution < 1.29 is 9.59 Å². The van der Waals surface area contributed by atoms with Gasteiger partial charge in [0, 0.05) is 18.9 Å². The highest BCUT2D eigenvalue weighted by atomic mass is 16.2. The van der Waals surface area contributed by atoms with E-state index in [2.05, 4.69) is 25.5 Å². The normalized spacial score (nSPS) is 11.0. The molecule has 28 heavy (non-hydrogen) atoms. The molecule has 0 atom stereocenters. The summed E-state index contributed by atoms with van der Waals surface area (Å²) in [6, 6.07) is 10.9. The molecule has 0 bridgehead atoms. The Kier molecular flexibility index (Phi) is 6.33. The lowest BCUT2D eigenvalue weighted by Crippen LogP contribution is -2.29. The van der Waals surface area contributed by atoms with Gasteiger partial charge in [-0.1, -0.05) is 12.1 Å². The second-order valence-corrected chi connectivity index (χ2v) is 6.66. The molecule has 0 saturated carbocycles. The van der Waals surface area contributed by atoms with Gasteiger partial charge in [-0.2, -0.15) is 0 Å². The maximum Gasteiger partial charge on any atom is 0.287 e. The zero-order valence-corrected chi connectivity index (χ0v) is 16.1. The zero-order valence-electron chi connectivity index (χ0n) is 16.1. The number of pyridine rings is 2. The van der Waals surface area contributed by atoms with Crippen molar-refractivity contribution in [2.75, 3.05) is 27.2 Å². The molecule has 0 spiro atoms. The first-order chi connectivity index (χ1) is 13.6. The molecule has 8 heteroatoms. The summed E-state index contributed by atoms with van der Waals surface area (Å²) in [4.78, 5) is 35.8. The zero-order chi connectivity index (χ0) is 19.9. The Labute approximate surface area is 163 Å². The molecule has 0 fully saturated rings. The van der Waals surface area contributed by atoms with Gasteiger partial charge in [-0.25, -0.2) is 4.98 Å². The summed E-state index contributed by atoms with van der Waals surface area (Å²) in [5.74, 6) is -0.451. The van der Waals surface area contributed by atoms with Crippen molar-refractivity contribution in [3.63, 3.8) is 0 Å². The van der Waals surface area contributed by atoms with E-state index in [1.54, 1.807) is 28.9 Å².